The highest BCUT2D eigenvalue weighted by Gasteiger charge is 2.11. The predicted molar refractivity (Wildman–Crippen MR) is 104 cm³/mol. The van der Waals surface area contributed by atoms with E-state index in [0.717, 1.165) is 25.8 Å². The molecule has 0 atom stereocenters. The monoisotopic (exact) mass is 466 g/mol. The summed E-state index contributed by atoms with van der Waals surface area (Å²) in [5.41, 5.74) is 1.81. The van der Waals surface area contributed by atoms with E-state index in [4.69, 9.17) is 17.0 Å². The van der Waals surface area contributed by atoms with Crippen LogP contribution in [0, 0.1) is 4.77 Å². The molecule has 0 spiro atoms. The molecule has 3 aromatic rings. The summed E-state index contributed by atoms with van der Waals surface area (Å²) in [4.78, 5) is 0. The highest BCUT2D eigenvalue weighted by atomic mass is 79.9. The minimum absolute atomic E-state index is 0.421. The van der Waals surface area contributed by atoms with Gasteiger partial charge in [0, 0.05) is 10.0 Å². The first-order valence-corrected chi connectivity index (χ1v) is 8.90. The quantitative estimate of drug-likeness (QED) is 0.432. The number of methoxy groups -OCH3 is 1. The molecule has 0 bridgehead atoms. The molecule has 122 valence electrons. The van der Waals surface area contributed by atoms with Gasteiger partial charge < -0.3 is 4.74 Å². The molecule has 0 radical (unpaired) electrons. The highest BCUT2D eigenvalue weighted by Crippen LogP contribution is 2.27. The molecule has 0 saturated heterocycles. The summed E-state index contributed by atoms with van der Waals surface area (Å²) in [6.45, 7) is 0. The Balaban J connectivity index is 1.99. The number of nitrogens with zero attached hydrogens (tertiary/aromatic N) is 3. The maximum atomic E-state index is 5.28. The smallest absolute Gasteiger partial charge is 0.216 e. The van der Waals surface area contributed by atoms with Crippen molar-refractivity contribution in [1.29, 1.82) is 0 Å². The summed E-state index contributed by atoms with van der Waals surface area (Å²) < 4.78 is 9.01. The number of aromatic amines is 1. The molecule has 1 N–H and O–H groups in total. The molecule has 1 heterocycles. The number of H-pyrrole nitrogens is 1. The number of hydrogen-bond donors (Lipinski definition) is 1. The van der Waals surface area contributed by atoms with E-state index in [9.17, 15) is 0 Å². The molecule has 5 nitrogen and oxygen atoms in total. The topological polar surface area (TPSA) is 55.2 Å². The summed E-state index contributed by atoms with van der Waals surface area (Å²) in [7, 11) is 1.63. The number of rotatable bonds is 4. The number of halogens is 2. The standard InChI is InChI=1S/C16H12Br2N4OS/c1-23-14-7-6-10(8-13(14)18)9-19-22-15(20-21-16(22)24)11-4-2-3-5-12(11)17/h2-9H,1H3,(H,21,24). The van der Waals surface area contributed by atoms with E-state index < -0.39 is 0 Å². The number of nitrogens with one attached hydrogen (secondary N) is 1. The van der Waals surface area contributed by atoms with Crippen LogP contribution in [0.5, 0.6) is 5.75 Å². The van der Waals surface area contributed by atoms with Gasteiger partial charge in [0.1, 0.15) is 5.75 Å². The molecule has 0 fully saturated rings. The van der Waals surface area contributed by atoms with Gasteiger partial charge in [0.2, 0.25) is 4.77 Å². The lowest BCUT2D eigenvalue weighted by atomic mass is 10.2. The Labute approximate surface area is 160 Å². The molecule has 0 amide bonds. The molecular weight excluding hydrogens is 456 g/mol. The second kappa shape index (κ2) is 7.42. The van der Waals surface area contributed by atoms with Gasteiger partial charge in [-0.15, -0.1) is 0 Å². The van der Waals surface area contributed by atoms with Crippen LogP contribution in [-0.2, 0) is 0 Å². The van der Waals surface area contributed by atoms with Crippen LogP contribution in [0.2, 0.25) is 0 Å². The summed E-state index contributed by atoms with van der Waals surface area (Å²) in [6, 6.07) is 13.5. The zero-order valence-electron chi connectivity index (χ0n) is 12.5. The van der Waals surface area contributed by atoms with Crippen molar-refractivity contribution in [1.82, 2.24) is 14.9 Å². The Morgan fingerprint density at radius 2 is 2.00 bits per heavy atom. The molecule has 0 aliphatic carbocycles. The van der Waals surface area contributed by atoms with Crippen LogP contribution in [0.4, 0.5) is 0 Å². The fourth-order valence-corrected chi connectivity index (χ4v) is 3.30. The molecule has 0 saturated carbocycles. The summed E-state index contributed by atoms with van der Waals surface area (Å²) in [5.74, 6) is 1.40. The summed E-state index contributed by atoms with van der Waals surface area (Å²) >= 11 is 12.3. The maximum Gasteiger partial charge on any atom is 0.216 e. The van der Waals surface area contributed by atoms with Gasteiger partial charge in [0.05, 0.1) is 17.8 Å². The Morgan fingerprint density at radius 1 is 1.21 bits per heavy atom. The zero-order valence-corrected chi connectivity index (χ0v) is 16.5. The van der Waals surface area contributed by atoms with Gasteiger partial charge in [-0.3, -0.25) is 0 Å². The number of benzene rings is 2. The first-order valence-electron chi connectivity index (χ1n) is 6.90. The lowest BCUT2D eigenvalue weighted by molar-refractivity contribution is 0.412. The third-order valence-electron chi connectivity index (χ3n) is 3.26. The lowest BCUT2D eigenvalue weighted by Gasteiger charge is -2.04. The predicted octanol–water partition coefficient (Wildman–Crippen LogP) is 5.02. The van der Waals surface area contributed by atoms with Crippen LogP contribution in [0.1, 0.15) is 5.56 Å². The second-order valence-electron chi connectivity index (χ2n) is 4.78. The minimum Gasteiger partial charge on any atom is -0.496 e. The van der Waals surface area contributed by atoms with Gasteiger partial charge in [-0.2, -0.15) is 14.9 Å². The van der Waals surface area contributed by atoms with Gasteiger partial charge >= 0.3 is 0 Å². The third-order valence-corrected chi connectivity index (χ3v) is 4.84. The second-order valence-corrected chi connectivity index (χ2v) is 6.88. The van der Waals surface area contributed by atoms with Crippen molar-refractivity contribution >= 4 is 50.3 Å². The zero-order chi connectivity index (χ0) is 17.1. The molecule has 3 rings (SSSR count). The normalized spacial score (nSPS) is 11.1. The van der Waals surface area contributed by atoms with E-state index in [-0.39, 0.29) is 0 Å². The average molecular weight is 468 g/mol. The molecule has 24 heavy (non-hydrogen) atoms. The van der Waals surface area contributed by atoms with E-state index >= 15 is 0 Å². The van der Waals surface area contributed by atoms with Gasteiger partial charge in [0.15, 0.2) is 5.82 Å². The van der Waals surface area contributed by atoms with Crippen LogP contribution in [0.25, 0.3) is 11.4 Å². The third kappa shape index (κ3) is 3.50. The average Bonchev–Trinajstić information content (AvgIpc) is 2.94. The van der Waals surface area contributed by atoms with E-state index in [1.807, 2.05) is 42.5 Å². The van der Waals surface area contributed by atoms with Crippen molar-refractivity contribution in [3.8, 4) is 17.1 Å². The Hall–Kier alpha value is -1.77. The SMILES string of the molecule is COc1ccc(C=Nn2c(-c3ccccc3Br)n[nH]c2=S)cc1Br. The molecule has 0 aliphatic rings. The van der Waals surface area contributed by atoms with Crippen molar-refractivity contribution in [2.24, 2.45) is 5.10 Å². The van der Waals surface area contributed by atoms with E-state index in [0.29, 0.717) is 10.6 Å². The Bertz CT molecular complexity index is 965. The Kier molecular flexibility index (Phi) is 5.27. The van der Waals surface area contributed by atoms with Gasteiger partial charge in [-0.05, 0) is 64.0 Å². The van der Waals surface area contributed by atoms with Crippen molar-refractivity contribution < 1.29 is 4.74 Å². The molecule has 1 aromatic heterocycles. The molecule has 0 aliphatic heterocycles. The van der Waals surface area contributed by atoms with Gasteiger partial charge in [0.25, 0.3) is 0 Å². The first-order chi connectivity index (χ1) is 11.6. The van der Waals surface area contributed by atoms with Crippen molar-refractivity contribution in [2.45, 2.75) is 0 Å². The maximum absolute atomic E-state index is 5.28. The Morgan fingerprint density at radius 3 is 2.71 bits per heavy atom. The fourth-order valence-electron chi connectivity index (χ4n) is 2.10. The molecule has 0 unspecified atom stereocenters. The van der Waals surface area contributed by atoms with Crippen LogP contribution in [-0.4, -0.2) is 28.2 Å². The molecule has 8 heteroatoms. The summed E-state index contributed by atoms with van der Waals surface area (Å²) in [5, 5.41) is 11.5. The van der Waals surface area contributed by atoms with Crippen LogP contribution < -0.4 is 4.74 Å². The van der Waals surface area contributed by atoms with Crippen molar-refractivity contribution in [3.63, 3.8) is 0 Å². The van der Waals surface area contributed by atoms with Crippen LogP contribution >= 0.6 is 44.1 Å². The molecule has 2 aromatic carbocycles. The molecular formula is C16H12Br2N4OS. The fraction of sp³-hybridized carbons (Fsp3) is 0.0625. The van der Waals surface area contributed by atoms with E-state index in [1.165, 1.54) is 0 Å². The summed E-state index contributed by atoms with van der Waals surface area (Å²) in [6.07, 6.45) is 1.72. The van der Waals surface area contributed by atoms with Gasteiger partial charge in [-0.1, -0.05) is 28.1 Å². The van der Waals surface area contributed by atoms with E-state index in [1.54, 1.807) is 18.0 Å². The van der Waals surface area contributed by atoms with Crippen molar-refractivity contribution in [2.75, 3.05) is 7.11 Å². The number of aromatic nitrogens is 3. The van der Waals surface area contributed by atoms with Gasteiger partial charge in [-0.25, -0.2) is 5.10 Å². The highest BCUT2D eigenvalue weighted by molar-refractivity contribution is 9.11. The van der Waals surface area contributed by atoms with E-state index in [2.05, 4.69) is 47.2 Å². The van der Waals surface area contributed by atoms with Crippen LogP contribution in [0.3, 0.4) is 0 Å². The minimum atomic E-state index is 0.421. The largest absolute Gasteiger partial charge is 0.496 e. The number of hydrogen-bond acceptors (Lipinski definition) is 4. The number of ether oxygens (including phenoxy) is 1. The van der Waals surface area contributed by atoms with Crippen LogP contribution in [0.15, 0.2) is 56.5 Å². The first kappa shape index (κ1) is 17.1. The lowest BCUT2D eigenvalue weighted by Crippen LogP contribution is -1.96. The van der Waals surface area contributed by atoms with Crippen molar-refractivity contribution in [3.05, 3.63) is 61.7 Å².